The summed E-state index contributed by atoms with van der Waals surface area (Å²) in [4.78, 5) is 0. The van der Waals surface area contributed by atoms with Crippen molar-refractivity contribution in [3.05, 3.63) is 176 Å². The minimum absolute atomic E-state index is 0.215. The zero-order chi connectivity index (χ0) is 32.6. The monoisotopic (exact) mass is 691 g/mol. The van der Waals surface area contributed by atoms with E-state index >= 15 is 0 Å². The Morgan fingerprint density at radius 3 is 1.69 bits per heavy atom. The number of hydrogen-bond acceptors (Lipinski definition) is 3. The second-order valence-corrected chi connectivity index (χ2v) is 14.3. The van der Waals surface area contributed by atoms with Crippen molar-refractivity contribution < 1.29 is 0 Å². The standard InChI is InChI=1S/C45H29N3Se/c1-4-15-30(16-5-1)33-21-10-11-22-34(33)38-29-37(31-17-6-2-7-18-31)42(32-19-8-3-9-20-32)45(39-27-28-46-48-47-39)44(38)36-24-14-26-41-43(36)35-23-12-13-25-40(35)49-41/h1-29H. The fraction of sp³-hybridized carbons (Fsp3) is 0. The van der Waals surface area contributed by atoms with Crippen molar-refractivity contribution in [1.82, 2.24) is 15.4 Å². The van der Waals surface area contributed by atoms with Crippen LogP contribution in [0.15, 0.2) is 176 Å². The van der Waals surface area contributed by atoms with Crippen molar-refractivity contribution in [3.8, 4) is 66.9 Å². The molecule has 0 bridgehead atoms. The van der Waals surface area contributed by atoms with Crippen molar-refractivity contribution in [3.63, 3.8) is 0 Å². The van der Waals surface area contributed by atoms with Crippen LogP contribution in [0.3, 0.4) is 0 Å². The van der Waals surface area contributed by atoms with Gasteiger partial charge in [0.15, 0.2) is 0 Å². The van der Waals surface area contributed by atoms with Gasteiger partial charge in [0.1, 0.15) is 0 Å². The van der Waals surface area contributed by atoms with Crippen LogP contribution in [0.4, 0.5) is 0 Å². The molecule has 0 spiro atoms. The van der Waals surface area contributed by atoms with E-state index in [-0.39, 0.29) is 14.5 Å². The zero-order valence-electron chi connectivity index (χ0n) is 26.5. The van der Waals surface area contributed by atoms with Crippen LogP contribution in [0.1, 0.15) is 0 Å². The van der Waals surface area contributed by atoms with E-state index in [0.717, 1.165) is 50.2 Å². The molecular formula is C45H29N3Se. The van der Waals surface area contributed by atoms with Crippen molar-refractivity contribution in [2.75, 3.05) is 0 Å². The number of fused-ring (bicyclic) bond motifs is 3. The molecule has 0 radical (unpaired) electrons. The van der Waals surface area contributed by atoms with Gasteiger partial charge in [-0.15, -0.1) is 0 Å². The topological polar surface area (TPSA) is 38.7 Å². The maximum absolute atomic E-state index is 4.75. The number of aromatic nitrogens is 3. The van der Waals surface area contributed by atoms with Crippen molar-refractivity contribution in [2.45, 2.75) is 0 Å². The first kappa shape index (κ1) is 29.2. The first-order valence-corrected chi connectivity index (χ1v) is 18.1. The van der Waals surface area contributed by atoms with E-state index in [2.05, 4.69) is 174 Å². The minimum atomic E-state index is 0.215. The Labute approximate surface area is 290 Å². The molecule has 0 saturated carbocycles. The Balaban J connectivity index is 1.53. The summed E-state index contributed by atoms with van der Waals surface area (Å²) in [6, 6.07) is 61.1. The Morgan fingerprint density at radius 2 is 0.980 bits per heavy atom. The molecule has 0 atom stereocenters. The van der Waals surface area contributed by atoms with Gasteiger partial charge in [-0.05, 0) is 0 Å². The molecule has 9 rings (SSSR count). The summed E-state index contributed by atoms with van der Waals surface area (Å²) >= 11 is 0.215. The van der Waals surface area contributed by atoms with Gasteiger partial charge in [0.25, 0.3) is 0 Å². The second kappa shape index (κ2) is 12.6. The van der Waals surface area contributed by atoms with Crippen LogP contribution in [0, 0.1) is 0 Å². The quantitative estimate of drug-likeness (QED) is 0.163. The fourth-order valence-corrected chi connectivity index (χ4v) is 9.50. The molecule has 0 N–H and O–H groups in total. The molecule has 2 aromatic heterocycles. The first-order chi connectivity index (χ1) is 24.3. The summed E-state index contributed by atoms with van der Waals surface area (Å²) in [6.45, 7) is 0. The molecule has 4 heteroatoms. The average Bonchev–Trinajstić information content (AvgIpc) is 3.58. The second-order valence-electron chi connectivity index (χ2n) is 12.0. The molecule has 3 nitrogen and oxygen atoms in total. The molecule has 0 saturated heterocycles. The Bertz CT molecular complexity index is 2580. The molecule has 9 aromatic rings. The van der Waals surface area contributed by atoms with Gasteiger partial charge in [0, 0.05) is 0 Å². The van der Waals surface area contributed by atoms with E-state index in [4.69, 9.17) is 5.10 Å². The fourth-order valence-electron chi connectivity index (χ4n) is 7.13. The van der Waals surface area contributed by atoms with Crippen LogP contribution in [-0.2, 0) is 0 Å². The van der Waals surface area contributed by atoms with Crippen LogP contribution in [0.5, 0.6) is 0 Å². The van der Waals surface area contributed by atoms with Gasteiger partial charge in [-0.1, -0.05) is 0 Å². The molecule has 0 amide bonds. The van der Waals surface area contributed by atoms with Crippen LogP contribution in [-0.4, -0.2) is 29.9 Å². The number of nitrogens with zero attached hydrogens (tertiary/aromatic N) is 3. The van der Waals surface area contributed by atoms with Crippen molar-refractivity contribution in [2.24, 2.45) is 0 Å². The van der Waals surface area contributed by atoms with Crippen LogP contribution in [0.2, 0.25) is 0 Å². The maximum atomic E-state index is 4.75. The normalized spacial score (nSPS) is 11.3. The molecule has 0 fully saturated rings. The zero-order valence-corrected chi connectivity index (χ0v) is 28.2. The first-order valence-electron chi connectivity index (χ1n) is 16.4. The van der Waals surface area contributed by atoms with E-state index < -0.39 is 0 Å². The summed E-state index contributed by atoms with van der Waals surface area (Å²) in [5.74, 6) is 0. The van der Waals surface area contributed by atoms with E-state index in [1.807, 2.05) is 6.07 Å². The number of hydrogen-bond donors (Lipinski definition) is 0. The van der Waals surface area contributed by atoms with Gasteiger partial charge < -0.3 is 0 Å². The van der Waals surface area contributed by atoms with Gasteiger partial charge in [-0.25, -0.2) is 0 Å². The van der Waals surface area contributed by atoms with Gasteiger partial charge in [-0.3, -0.25) is 0 Å². The van der Waals surface area contributed by atoms with Crippen LogP contribution < -0.4 is 0 Å². The molecule has 0 unspecified atom stereocenters. The van der Waals surface area contributed by atoms with E-state index in [9.17, 15) is 0 Å². The van der Waals surface area contributed by atoms with Gasteiger partial charge in [0.05, 0.1) is 0 Å². The summed E-state index contributed by atoms with van der Waals surface area (Å²) in [5, 5.41) is 15.7. The van der Waals surface area contributed by atoms with Gasteiger partial charge >= 0.3 is 292 Å². The predicted octanol–water partition coefficient (Wildman–Crippen LogP) is 11.2. The third-order valence-corrected chi connectivity index (χ3v) is 11.6. The third kappa shape index (κ3) is 5.19. The molecule has 0 aliphatic carbocycles. The summed E-state index contributed by atoms with van der Waals surface area (Å²) in [5.41, 5.74) is 13.4. The summed E-state index contributed by atoms with van der Waals surface area (Å²) in [7, 11) is 0. The van der Waals surface area contributed by atoms with Crippen LogP contribution >= 0.6 is 0 Å². The number of benzene rings is 7. The predicted molar refractivity (Wildman–Crippen MR) is 204 cm³/mol. The Hall–Kier alpha value is -5.93. The molecule has 0 aliphatic heterocycles. The average molecular weight is 691 g/mol. The molecule has 49 heavy (non-hydrogen) atoms. The molecule has 2 heterocycles. The molecule has 230 valence electrons. The van der Waals surface area contributed by atoms with Crippen LogP contribution in [0.25, 0.3) is 86.2 Å². The van der Waals surface area contributed by atoms with Gasteiger partial charge in [-0.2, -0.15) is 0 Å². The molecule has 0 aliphatic rings. The molecule has 7 aromatic carbocycles. The van der Waals surface area contributed by atoms with E-state index in [1.165, 1.54) is 36.0 Å². The van der Waals surface area contributed by atoms with E-state index in [1.54, 1.807) is 6.20 Å². The summed E-state index contributed by atoms with van der Waals surface area (Å²) in [6.07, 6.45) is 1.75. The van der Waals surface area contributed by atoms with Crippen molar-refractivity contribution >= 4 is 33.8 Å². The van der Waals surface area contributed by atoms with Crippen molar-refractivity contribution in [1.29, 1.82) is 0 Å². The summed E-state index contributed by atoms with van der Waals surface area (Å²) < 4.78 is 2.81. The third-order valence-electron chi connectivity index (χ3n) is 9.21. The Morgan fingerprint density at radius 1 is 0.388 bits per heavy atom. The van der Waals surface area contributed by atoms with E-state index in [0.29, 0.717) is 0 Å². The Kier molecular flexibility index (Phi) is 7.51. The number of rotatable bonds is 6. The SMILES string of the molecule is c1ccc(-c2ccccc2-c2cc(-c3ccccc3)c(-c3ccccc3)c(-c3ccnnn3)c2-c2cccc3[se]c4ccccc4c23)cc1. The molecular weight excluding hydrogens is 661 g/mol. The van der Waals surface area contributed by atoms with Gasteiger partial charge in [0.2, 0.25) is 0 Å².